The van der Waals surface area contributed by atoms with Gasteiger partial charge in [0.1, 0.15) is 0 Å². The van der Waals surface area contributed by atoms with Crippen LogP contribution in [0.4, 0.5) is 4.79 Å². The first-order valence-corrected chi connectivity index (χ1v) is 17.4. The van der Waals surface area contributed by atoms with Crippen molar-refractivity contribution in [3.63, 3.8) is 0 Å². The molecular weight excluding hydrogens is 478 g/mol. The zero-order valence-corrected chi connectivity index (χ0v) is 23.9. The molecule has 3 aliphatic rings. The summed E-state index contributed by atoms with van der Waals surface area (Å²) in [7, 11) is 1.00. The number of nitrogens with zero attached hydrogens (tertiary/aromatic N) is 1. The number of urea groups is 1. The summed E-state index contributed by atoms with van der Waals surface area (Å²) in [6.45, 7) is 0.921. The van der Waals surface area contributed by atoms with E-state index in [1.807, 2.05) is 7.05 Å². The predicted octanol–water partition coefficient (Wildman–Crippen LogP) is 7.40. The summed E-state index contributed by atoms with van der Waals surface area (Å²) in [4.78, 5) is 16.0. The minimum atomic E-state index is -0.547. The minimum Gasteiger partial charge on any atom is -0.341 e. The molecule has 1 heterocycles. The summed E-state index contributed by atoms with van der Waals surface area (Å²) in [6, 6.07) is 22.6. The van der Waals surface area contributed by atoms with Crippen molar-refractivity contribution >= 4 is 32.5 Å². The lowest BCUT2D eigenvalue weighted by Gasteiger charge is -2.53. The number of carbonyl (C=O) groups excluding carboxylic acids is 1. The molecule has 1 saturated heterocycles. The predicted molar refractivity (Wildman–Crippen MR) is 158 cm³/mol. The molecule has 2 aromatic carbocycles. The third-order valence-electron chi connectivity index (χ3n) is 8.88. The third-order valence-corrected chi connectivity index (χ3v) is 16.0. The first-order valence-electron chi connectivity index (χ1n) is 14.4. The second kappa shape index (κ2) is 12.4. The lowest BCUT2D eigenvalue weighted by molar-refractivity contribution is 0.189. The SMILES string of the molecule is CNC(=O)N1CCCC1(CP(c1ccccc1)c1ccccc1)P(C1CCCCC1)C1CCCCC1. The van der Waals surface area contributed by atoms with Crippen molar-refractivity contribution < 1.29 is 4.79 Å². The van der Waals surface area contributed by atoms with Crippen LogP contribution in [0, 0.1) is 0 Å². The topological polar surface area (TPSA) is 32.3 Å². The fraction of sp³-hybridized carbons (Fsp3) is 0.581. The summed E-state index contributed by atoms with van der Waals surface area (Å²) < 4.78 is 0. The van der Waals surface area contributed by atoms with E-state index in [1.54, 1.807) is 0 Å². The molecule has 0 radical (unpaired) electrons. The van der Waals surface area contributed by atoms with Crippen LogP contribution in [-0.2, 0) is 0 Å². The quantitative estimate of drug-likeness (QED) is 0.378. The van der Waals surface area contributed by atoms with Crippen LogP contribution in [-0.4, -0.2) is 47.3 Å². The van der Waals surface area contributed by atoms with Crippen molar-refractivity contribution in [2.45, 2.75) is 93.6 Å². The van der Waals surface area contributed by atoms with Crippen molar-refractivity contribution in [1.82, 2.24) is 10.2 Å². The monoisotopic (exact) mass is 522 g/mol. The molecule has 1 N–H and O–H groups in total. The van der Waals surface area contributed by atoms with Gasteiger partial charge in [0.15, 0.2) is 0 Å². The van der Waals surface area contributed by atoms with Crippen molar-refractivity contribution in [3.05, 3.63) is 60.7 Å². The smallest absolute Gasteiger partial charge is 0.317 e. The minimum absolute atomic E-state index is 0.0107. The highest BCUT2D eigenvalue weighted by atomic mass is 31.1. The van der Waals surface area contributed by atoms with E-state index in [9.17, 15) is 4.79 Å². The molecular formula is C31H44N2OP2. The van der Waals surface area contributed by atoms with E-state index in [-0.39, 0.29) is 19.2 Å². The zero-order chi connectivity index (χ0) is 24.8. The molecule has 3 nitrogen and oxygen atoms in total. The molecule has 194 valence electrons. The average molecular weight is 523 g/mol. The Balaban J connectivity index is 1.62. The molecule has 2 aliphatic carbocycles. The summed E-state index contributed by atoms with van der Waals surface area (Å²) >= 11 is 0. The Morgan fingerprint density at radius 3 is 1.78 bits per heavy atom. The second-order valence-corrected chi connectivity index (χ2v) is 16.4. The van der Waals surface area contributed by atoms with Gasteiger partial charge in [-0.1, -0.05) is 107 Å². The van der Waals surface area contributed by atoms with Gasteiger partial charge in [0.2, 0.25) is 0 Å². The lowest BCUT2D eigenvalue weighted by atomic mass is 9.99. The Kier molecular flexibility index (Phi) is 9.03. The van der Waals surface area contributed by atoms with Gasteiger partial charge in [0.25, 0.3) is 0 Å². The number of hydrogen-bond acceptors (Lipinski definition) is 1. The van der Waals surface area contributed by atoms with E-state index in [0.717, 1.165) is 30.4 Å². The van der Waals surface area contributed by atoms with Gasteiger partial charge in [-0.2, -0.15) is 0 Å². The van der Waals surface area contributed by atoms with Crippen molar-refractivity contribution in [3.8, 4) is 0 Å². The van der Waals surface area contributed by atoms with E-state index in [0.29, 0.717) is 0 Å². The average Bonchev–Trinajstić information content (AvgIpc) is 3.37. The molecule has 1 aliphatic heterocycles. The molecule has 1 unspecified atom stereocenters. The summed E-state index contributed by atoms with van der Waals surface area (Å²) in [5, 5.41) is 6.01. The first-order chi connectivity index (χ1) is 17.7. The maximum absolute atomic E-state index is 13.6. The molecule has 5 rings (SSSR count). The van der Waals surface area contributed by atoms with Crippen molar-refractivity contribution in [2.24, 2.45) is 0 Å². The van der Waals surface area contributed by atoms with Crippen LogP contribution in [0.3, 0.4) is 0 Å². The Labute approximate surface area is 221 Å². The molecule has 1 atom stereocenters. The maximum Gasteiger partial charge on any atom is 0.317 e. The van der Waals surface area contributed by atoms with Crippen LogP contribution >= 0.6 is 15.8 Å². The van der Waals surface area contributed by atoms with Gasteiger partial charge in [0, 0.05) is 19.8 Å². The summed E-state index contributed by atoms with van der Waals surface area (Å²) in [5.41, 5.74) is 1.65. The molecule has 0 aromatic heterocycles. The third kappa shape index (κ3) is 5.54. The van der Waals surface area contributed by atoms with E-state index in [4.69, 9.17) is 0 Å². The Morgan fingerprint density at radius 1 is 0.806 bits per heavy atom. The first kappa shape index (κ1) is 26.2. The van der Waals surface area contributed by atoms with Gasteiger partial charge in [-0.05, 0) is 68.4 Å². The van der Waals surface area contributed by atoms with Gasteiger partial charge in [0.05, 0.1) is 5.28 Å². The van der Waals surface area contributed by atoms with E-state index >= 15 is 0 Å². The van der Waals surface area contributed by atoms with Crippen LogP contribution in [0.2, 0.25) is 0 Å². The molecule has 0 spiro atoms. The van der Waals surface area contributed by atoms with Crippen LogP contribution in [0.5, 0.6) is 0 Å². The van der Waals surface area contributed by atoms with Crippen LogP contribution < -0.4 is 15.9 Å². The highest BCUT2D eigenvalue weighted by molar-refractivity contribution is 7.74. The molecule has 2 aromatic rings. The number of carbonyl (C=O) groups is 1. The molecule has 2 amide bonds. The number of nitrogens with one attached hydrogen (secondary N) is 1. The Bertz CT molecular complexity index is 902. The molecule has 0 bridgehead atoms. The molecule has 36 heavy (non-hydrogen) atoms. The van der Waals surface area contributed by atoms with Gasteiger partial charge >= 0.3 is 6.03 Å². The van der Waals surface area contributed by atoms with E-state index in [1.165, 1.54) is 81.2 Å². The number of likely N-dealkylation sites (tertiary alicyclic amines) is 1. The van der Waals surface area contributed by atoms with Gasteiger partial charge in [-0.3, -0.25) is 0 Å². The largest absolute Gasteiger partial charge is 0.341 e. The molecule has 3 fully saturated rings. The molecule has 5 heteroatoms. The lowest BCUT2D eigenvalue weighted by Crippen LogP contribution is -2.54. The molecule has 2 saturated carbocycles. The van der Waals surface area contributed by atoms with Gasteiger partial charge in [-0.25, -0.2) is 4.79 Å². The van der Waals surface area contributed by atoms with E-state index < -0.39 is 7.92 Å². The number of hydrogen-bond donors (Lipinski definition) is 1. The Hall–Kier alpha value is -1.43. The number of amides is 2. The van der Waals surface area contributed by atoms with Gasteiger partial charge < -0.3 is 10.2 Å². The standard InChI is InChI=1S/C31H44N2OP2/c1-32-30(34)33-24-14-23-31(33,36(28-19-10-4-11-20-28)29-21-12-5-13-22-29)25-35(26-15-6-2-7-16-26)27-17-8-3-9-18-27/h2-3,6-9,15-18,28-29H,4-5,10-14,19-25H2,1H3,(H,32,34). The highest BCUT2D eigenvalue weighted by Crippen LogP contribution is 2.69. The van der Waals surface area contributed by atoms with Gasteiger partial charge in [-0.15, -0.1) is 0 Å². The number of benzene rings is 2. The maximum atomic E-state index is 13.6. The summed E-state index contributed by atoms with van der Waals surface area (Å²) in [6.07, 6.45) is 17.4. The van der Waals surface area contributed by atoms with Crippen molar-refractivity contribution in [2.75, 3.05) is 19.8 Å². The van der Waals surface area contributed by atoms with Crippen LogP contribution in [0.25, 0.3) is 0 Å². The second-order valence-electron chi connectivity index (χ2n) is 11.0. The zero-order valence-electron chi connectivity index (χ0n) is 22.1. The highest BCUT2D eigenvalue weighted by Gasteiger charge is 2.54. The normalized spacial score (nSPS) is 23.9. The summed E-state index contributed by atoms with van der Waals surface area (Å²) in [5.74, 6) is 0. The number of rotatable bonds is 7. The van der Waals surface area contributed by atoms with Crippen LogP contribution in [0.1, 0.15) is 77.0 Å². The van der Waals surface area contributed by atoms with Crippen LogP contribution in [0.15, 0.2) is 60.7 Å². The fourth-order valence-corrected chi connectivity index (χ4v) is 15.6. The fourth-order valence-electron chi connectivity index (χ4n) is 7.30. The Morgan fingerprint density at radius 2 is 1.31 bits per heavy atom. The van der Waals surface area contributed by atoms with Crippen molar-refractivity contribution in [1.29, 1.82) is 0 Å². The van der Waals surface area contributed by atoms with E-state index in [2.05, 4.69) is 70.9 Å².